The fourth-order valence-electron chi connectivity index (χ4n) is 1.71. The molecule has 1 aliphatic heterocycles. The van der Waals surface area contributed by atoms with Crippen LogP contribution in [0.15, 0.2) is 0 Å². The van der Waals surface area contributed by atoms with Gasteiger partial charge in [0.2, 0.25) is 0 Å². The van der Waals surface area contributed by atoms with Crippen molar-refractivity contribution in [1.82, 2.24) is 4.90 Å². The predicted octanol–water partition coefficient (Wildman–Crippen LogP) is 2.29. The van der Waals surface area contributed by atoms with E-state index in [-0.39, 0.29) is 11.0 Å². The van der Waals surface area contributed by atoms with Gasteiger partial charge in [0.1, 0.15) is 0 Å². The molecule has 0 atom stereocenters. The van der Waals surface area contributed by atoms with Gasteiger partial charge in [-0.1, -0.05) is 47.0 Å². The SMILES string of the molecule is CCC1CCN(CC)CC1.CCCC.O.O. The highest BCUT2D eigenvalue weighted by atomic mass is 16.0. The summed E-state index contributed by atoms with van der Waals surface area (Å²) in [5.41, 5.74) is 0. The maximum Gasteiger partial charge on any atom is -0.00162 e. The van der Waals surface area contributed by atoms with Crippen LogP contribution in [0.4, 0.5) is 0 Å². The van der Waals surface area contributed by atoms with Gasteiger partial charge in [-0.25, -0.2) is 0 Å². The van der Waals surface area contributed by atoms with E-state index in [1.54, 1.807) is 0 Å². The Hall–Kier alpha value is -0.120. The Morgan fingerprint density at radius 1 is 0.875 bits per heavy atom. The summed E-state index contributed by atoms with van der Waals surface area (Å²) in [6.07, 6.45) is 6.90. The molecular weight excluding hydrogens is 202 g/mol. The smallest absolute Gasteiger partial charge is 0.00162 e. The van der Waals surface area contributed by atoms with E-state index in [1.165, 1.54) is 51.7 Å². The molecule has 0 bridgehead atoms. The third kappa shape index (κ3) is 10.4. The number of unbranched alkanes of at least 4 members (excludes halogenated alkanes) is 1. The molecule has 1 fully saturated rings. The second-order valence-corrected chi connectivity index (χ2v) is 4.29. The quantitative estimate of drug-likeness (QED) is 0.740. The maximum atomic E-state index is 2.55. The molecule has 1 heterocycles. The first-order chi connectivity index (χ1) is 6.78. The molecule has 1 aliphatic rings. The average Bonchev–Trinajstić information content (AvgIpc) is 2.29. The van der Waals surface area contributed by atoms with Crippen molar-refractivity contribution in [2.45, 2.75) is 59.8 Å². The van der Waals surface area contributed by atoms with Crippen LogP contribution in [0.3, 0.4) is 0 Å². The van der Waals surface area contributed by atoms with Gasteiger partial charge in [0.25, 0.3) is 0 Å². The summed E-state index contributed by atoms with van der Waals surface area (Å²) >= 11 is 0. The predicted molar refractivity (Wildman–Crippen MR) is 72.9 cm³/mol. The zero-order chi connectivity index (χ0) is 10.8. The number of rotatable bonds is 3. The fraction of sp³-hybridized carbons (Fsp3) is 1.00. The number of nitrogens with zero attached hydrogens (tertiary/aromatic N) is 1. The van der Waals surface area contributed by atoms with Crippen molar-refractivity contribution in [1.29, 1.82) is 0 Å². The molecule has 1 saturated heterocycles. The molecule has 0 amide bonds. The molecule has 4 N–H and O–H groups in total. The Morgan fingerprint density at radius 2 is 1.31 bits per heavy atom. The molecule has 1 rings (SSSR count). The molecule has 0 aromatic rings. The van der Waals surface area contributed by atoms with Crippen LogP contribution >= 0.6 is 0 Å². The summed E-state index contributed by atoms with van der Waals surface area (Å²) in [5.74, 6) is 1.03. The second kappa shape index (κ2) is 14.9. The first-order valence-corrected chi connectivity index (χ1v) is 6.50. The van der Waals surface area contributed by atoms with Gasteiger partial charge in [-0.2, -0.15) is 0 Å². The lowest BCUT2D eigenvalue weighted by molar-refractivity contribution is 0.190. The minimum Gasteiger partial charge on any atom is -0.412 e. The number of hydrogen-bond donors (Lipinski definition) is 0. The van der Waals surface area contributed by atoms with Crippen LogP contribution < -0.4 is 0 Å². The van der Waals surface area contributed by atoms with E-state index in [4.69, 9.17) is 0 Å². The Bertz CT molecular complexity index is 98.5. The van der Waals surface area contributed by atoms with Crippen LogP contribution in [0.5, 0.6) is 0 Å². The second-order valence-electron chi connectivity index (χ2n) is 4.29. The van der Waals surface area contributed by atoms with Crippen molar-refractivity contribution < 1.29 is 11.0 Å². The lowest BCUT2D eigenvalue weighted by atomic mass is 9.95. The molecule has 0 saturated carbocycles. The van der Waals surface area contributed by atoms with Gasteiger partial charge in [0.05, 0.1) is 0 Å². The van der Waals surface area contributed by atoms with Gasteiger partial charge in [-0.05, 0) is 38.4 Å². The van der Waals surface area contributed by atoms with Crippen LogP contribution in [-0.2, 0) is 0 Å². The average molecular weight is 235 g/mol. The molecule has 0 spiro atoms. The molecule has 102 valence electrons. The van der Waals surface area contributed by atoms with E-state index in [9.17, 15) is 0 Å². The molecule has 0 radical (unpaired) electrons. The Kier molecular flexibility index (Phi) is 19.7. The monoisotopic (exact) mass is 235 g/mol. The first kappa shape index (κ1) is 21.2. The molecule has 16 heavy (non-hydrogen) atoms. The number of hydrogen-bond acceptors (Lipinski definition) is 1. The van der Waals surface area contributed by atoms with Gasteiger partial charge in [0.15, 0.2) is 0 Å². The minimum absolute atomic E-state index is 0. The third-order valence-corrected chi connectivity index (χ3v) is 3.23. The van der Waals surface area contributed by atoms with Gasteiger partial charge in [0, 0.05) is 0 Å². The first-order valence-electron chi connectivity index (χ1n) is 6.50. The minimum atomic E-state index is 0. The molecule has 0 aromatic carbocycles. The molecule has 0 aromatic heterocycles. The van der Waals surface area contributed by atoms with Gasteiger partial charge < -0.3 is 15.9 Å². The van der Waals surface area contributed by atoms with Crippen molar-refractivity contribution in [2.24, 2.45) is 5.92 Å². The van der Waals surface area contributed by atoms with E-state index in [0.29, 0.717) is 0 Å². The summed E-state index contributed by atoms with van der Waals surface area (Å²) in [7, 11) is 0. The summed E-state index contributed by atoms with van der Waals surface area (Å²) in [6, 6.07) is 0. The van der Waals surface area contributed by atoms with Crippen molar-refractivity contribution in [3.8, 4) is 0 Å². The summed E-state index contributed by atoms with van der Waals surface area (Å²) in [5, 5.41) is 0. The van der Waals surface area contributed by atoms with E-state index in [1.807, 2.05) is 0 Å². The van der Waals surface area contributed by atoms with Gasteiger partial charge in [-0.3, -0.25) is 0 Å². The van der Waals surface area contributed by atoms with Crippen LogP contribution in [0.1, 0.15) is 59.8 Å². The summed E-state index contributed by atoms with van der Waals surface area (Å²) in [6.45, 7) is 12.9. The van der Waals surface area contributed by atoms with Crippen LogP contribution in [0, 0.1) is 5.92 Å². The molecule has 0 aliphatic carbocycles. The lowest BCUT2D eigenvalue weighted by Gasteiger charge is -2.30. The van der Waals surface area contributed by atoms with Crippen molar-refractivity contribution in [2.75, 3.05) is 19.6 Å². The molecular formula is C13H33NO2. The lowest BCUT2D eigenvalue weighted by Crippen LogP contribution is -2.33. The van der Waals surface area contributed by atoms with Crippen molar-refractivity contribution in [3.05, 3.63) is 0 Å². The zero-order valence-corrected chi connectivity index (χ0v) is 11.7. The normalized spacial score (nSPS) is 16.5. The van der Waals surface area contributed by atoms with Crippen LogP contribution in [0.25, 0.3) is 0 Å². The van der Waals surface area contributed by atoms with E-state index in [2.05, 4.69) is 32.6 Å². The largest absolute Gasteiger partial charge is 0.412 e. The highest BCUT2D eigenvalue weighted by Gasteiger charge is 2.15. The summed E-state index contributed by atoms with van der Waals surface area (Å²) < 4.78 is 0. The van der Waals surface area contributed by atoms with E-state index < -0.39 is 0 Å². The highest BCUT2D eigenvalue weighted by molar-refractivity contribution is 4.69. The Morgan fingerprint density at radius 3 is 1.56 bits per heavy atom. The topological polar surface area (TPSA) is 66.2 Å². The van der Waals surface area contributed by atoms with Gasteiger partial charge >= 0.3 is 0 Å². The molecule has 3 nitrogen and oxygen atoms in total. The number of piperidine rings is 1. The Balaban J connectivity index is -0.000000249. The van der Waals surface area contributed by atoms with Crippen LogP contribution in [0.2, 0.25) is 0 Å². The molecule has 3 heteroatoms. The highest BCUT2D eigenvalue weighted by Crippen LogP contribution is 2.19. The standard InChI is InChI=1S/C9H19N.C4H10.2H2O/c1-3-9-5-7-10(4-2)8-6-9;1-3-4-2;;/h9H,3-8H2,1-2H3;3-4H2,1-2H3;2*1H2. The van der Waals surface area contributed by atoms with Gasteiger partial charge in [-0.15, -0.1) is 0 Å². The zero-order valence-electron chi connectivity index (χ0n) is 11.7. The fourth-order valence-corrected chi connectivity index (χ4v) is 1.71. The van der Waals surface area contributed by atoms with Crippen molar-refractivity contribution in [3.63, 3.8) is 0 Å². The van der Waals surface area contributed by atoms with E-state index in [0.717, 1.165) is 5.92 Å². The maximum absolute atomic E-state index is 2.55. The van der Waals surface area contributed by atoms with Crippen LogP contribution in [-0.4, -0.2) is 35.5 Å². The Labute approximate surface area is 102 Å². The summed E-state index contributed by atoms with van der Waals surface area (Å²) in [4.78, 5) is 2.55. The molecule has 0 unspecified atom stereocenters. The number of likely N-dealkylation sites (tertiary alicyclic amines) is 1. The van der Waals surface area contributed by atoms with Crippen molar-refractivity contribution >= 4 is 0 Å². The third-order valence-electron chi connectivity index (χ3n) is 3.23. The van der Waals surface area contributed by atoms with E-state index >= 15 is 0 Å².